The van der Waals surface area contributed by atoms with E-state index in [2.05, 4.69) is 17.3 Å². The van der Waals surface area contributed by atoms with Gasteiger partial charge in [0.05, 0.1) is 5.69 Å². The van der Waals surface area contributed by atoms with E-state index in [-0.39, 0.29) is 12.6 Å². The van der Waals surface area contributed by atoms with Crippen LogP contribution in [0.25, 0.3) is 0 Å². The molecule has 0 amide bonds. The van der Waals surface area contributed by atoms with Crippen molar-refractivity contribution in [3.05, 3.63) is 17.5 Å². The SMILES string of the molecule is CCc1nn(C)cc1C(CN)NCCCO. The number of aliphatic hydroxyl groups is 1. The summed E-state index contributed by atoms with van der Waals surface area (Å²) in [5.41, 5.74) is 8.02. The van der Waals surface area contributed by atoms with Crippen LogP contribution < -0.4 is 11.1 Å². The molecule has 16 heavy (non-hydrogen) atoms. The van der Waals surface area contributed by atoms with Crippen LogP contribution in [0.15, 0.2) is 6.20 Å². The van der Waals surface area contributed by atoms with Gasteiger partial charge in [0, 0.05) is 38.0 Å². The first kappa shape index (κ1) is 13.2. The quantitative estimate of drug-likeness (QED) is 0.570. The van der Waals surface area contributed by atoms with Crippen molar-refractivity contribution in [1.29, 1.82) is 0 Å². The largest absolute Gasteiger partial charge is 0.396 e. The molecule has 1 aromatic heterocycles. The summed E-state index contributed by atoms with van der Waals surface area (Å²) in [6.07, 6.45) is 3.68. The third kappa shape index (κ3) is 3.30. The molecule has 0 aliphatic carbocycles. The van der Waals surface area contributed by atoms with Crippen LogP contribution in [0.1, 0.15) is 30.6 Å². The van der Waals surface area contributed by atoms with Gasteiger partial charge in [0.15, 0.2) is 0 Å². The molecule has 0 aromatic carbocycles. The fraction of sp³-hybridized carbons (Fsp3) is 0.727. The summed E-state index contributed by atoms with van der Waals surface area (Å²) in [5, 5.41) is 16.5. The minimum Gasteiger partial charge on any atom is -0.396 e. The summed E-state index contributed by atoms with van der Waals surface area (Å²) >= 11 is 0. The van der Waals surface area contributed by atoms with E-state index in [1.807, 2.05) is 17.9 Å². The molecule has 5 heteroatoms. The van der Waals surface area contributed by atoms with Crippen LogP contribution in [0.3, 0.4) is 0 Å². The van der Waals surface area contributed by atoms with E-state index in [0.29, 0.717) is 6.54 Å². The number of nitrogens with zero attached hydrogens (tertiary/aromatic N) is 2. The van der Waals surface area contributed by atoms with E-state index in [1.165, 1.54) is 5.56 Å². The molecular formula is C11H22N4O. The molecule has 0 bridgehead atoms. The average molecular weight is 226 g/mol. The standard InChI is InChI=1S/C11H22N4O/c1-3-10-9(8-15(2)14-10)11(7-12)13-5-4-6-16/h8,11,13,16H,3-7,12H2,1-2H3. The molecule has 1 unspecified atom stereocenters. The fourth-order valence-corrected chi connectivity index (χ4v) is 1.79. The van der Waals surface area contributed by atoms with Gasteiger partial charge >= 0.3 is 0 Å². The molecule has 1 atom stereocenters. The highest BCUT2D eigenvalue weighted by Gasteiger charge is 2.15. The second-order valence-electron chi connectivity index (χ2n) is 3.88. The molecule has 0 fully saturated rings. The first-order valence-corrected chi connectivity index (χ1v) is 5.79. The first-order chi connectivity index (χ1) is 7.72. The number of nitrogens with two attached hydrogens (primary N) is 1. The summed E-state index contributed by atoms with van der Waals surface area (Å²) in [6.45, 7) is 3.62. The molecule has 5 nitrogen and oxygen atoms in total. The number of aliphatic hydroxyl groups excluding tert-OH is 1. The molecule has 0 spiro atoms. The Morgan fingerprint density at radius 1 is 1.62 bits per heavy atom. The Morgan fingerprint density at radius 3 is 2.94 bits per heavy atom. The third-order valence-corrected chi connectivity index (χ3v) is 2.61. The molecule has 0 radical (unpaired) electrons. The Hall–Kier alpha value is -0.910. The van der Waals surface area contributed by atoms with Crippen LogP contribution in [0.5, 0.6) is 0 Å². The fourth-order valence-electron chi connectivity index (χ4n) is 1.79. The molecule has 1 aromatic rings. The van der Waals surface area contributed by atoms with Crippen molar-refractivity contribution in [3.8, 4) is 0 Å². The third-order valence-electron chi connectivity index (χ3n) is 2.61. The molecule has 92 valence electrons. The minimum absolute atomic E-state index is 0.134. The van der Waals surface area contributed by atoms with Gasteiger partial charge < -0.3 is 16.2 Å². The Bertz CT molecular complexity index is 311. The van der Waals surface area contributed by atoms with E-state index in [9.17, 15) is 0 Å². The zero-order chi connectivity index (χ0) is 12.0. The van der Waals surface area contributed by atoms with Gasteiger partial charge in [-0.3, -0.25) is 4.68 Å². The Balaban J connectivity index is 2.69. The van der Waals surface area contributed by atoms with Gasteiger partial charge in [-0.25, -0.2) is 0 Å². The second kappa shape index (κ2) is 6.62. The van der Waals surface area contributed by atoms with E-state index in [0.717, 1.165) is 25.1 Å². The number of hydrogen-bond donors (Lipinski definition) is 3. The van der Waals surface area contributed by atoms with Gasteiger partial charge in [-0.15, -0.1) is 0 Å². The van der Waals surface area contributed by atoms with Gasteiger partial charge in [0.2, 0.25) is 0 Å². The van der Waals surface area contributed by atoms with Crippen molar-refractivity contribution in [1.82, 2.24) is 15.1 Å². The van der Waals surface area contributed by atoms with Gasteiger partial charge in [0.25, 0.3) is 0 Å². The van der Waals surface area contributed by atoms with Gasteiger partial charge in [-0.1, -0.05) is 6.92 Å². The maximum absolute atomic E-state index is 8.74. The molecule has 4 N–H and O–H groups in total. The van der Waals surface area contributed by atoms with Crippen LogP contribution in [0.4, 0.5) is 0 Å². The number of nitrogens with one attached hydrogen (secondary N) is 1. The maximum atomic E-state index is 8.74. The monoisotopic (exact) mass is 226 g/mol. The summed E-state index contributed by atoms with van der Waals surface area (Å²) in [6, 6.07) is 0.134. The lowest BCUT2D eigenvalue weighted by Crippen LogP contribution is -2.29. The van der Waals surface area contributed by atoms with E-state index >= 15 is 0 Å². The molecule has 0 aliphatic rings. The number of aromatic nitrogens is 2. The van der Waals surface area contributed by atoms with Crippen molar-refractivity contribution in [2.45, 2.75) is 25.8 Å². The molecule has 0 saturated carbocycles. The van der Waals surface area contributed by atoms with Gasteiger partial charge in [-0.05, 0) is 19.4 Å². The van der Waals surface area contributed by atoms with Crippen LogP contribution >= 0.6 is 0 Å². The van der Waals surface area contributed by atoms with Crippen LogP contribution in [0.2, 0.25) is 0 Å². The lowest BCUT2D eigenvalue weighted by Gasteiger charge is -2.16. The van der Waals surface area contributed by atoms with Crippen molar-refractivity contribution < 1.29 is 5.11 Å². The van der Waals surface area contributed by atoms with Crippen LogP contribution in [0, 0.1) is 0 Å². The predicted molar refractivity (Wildman–Crippen MR) is 64.1 cm³/mol. The first-order valence-electron chi connectivity index (χ1n) is 5.79. The van der Waals surface area contributed by atoms with E-state index in [4.69, 9.17) is 10.8 Å². The zero-order valence-corrected chi connectivity index (χ0v) is 10.1. The van der Waals surface area contributed by atoms with E-state index in [1.54, 1.807) is 0 Å². The van der Waals surface area contributed by atoms with E-state index < -0.39 is 0 Å². The second-order valence-corrected chi connectivity index (χ2v) is 3.88. The molecule has 1 heterocycles. The topological polar surface area (TPSA) is 76.1 Å². The van der Waals surface area contributed by atoms with Crippen molar-refractivity contribution in [3.63, 3.8) is 0 Å². The van der Waals surface area contributed by atoms with Gasteiger partial charge in [0.1, 0.15) is 0 Å². The summed E-state index contributed by atoms with van der Waals surface area (Å²) in [7, 11) is 1.92. The van der Waals surface area contributed by atoms with Gasteiger partial charge in [-0.2, -0.15) is 5.10 Å². The normalized spacial score (nSPS) is 13.0. The highest BCUT2D eigenvalue weighted by atomic mass is 16.3. The van der Waals surface area contributed by atoms with Crippen LogP contribution in [-0.2, 0) is 13.5 Å². The van der Waals surface area contributed by atoms with Crippen molar-refractivity contribution in [2.75, 3.05) is 19.7 Å². The Labute approximate surface area is 96.6 Å². The Morgan fingerprint density at radius 2 is 2.38 bits per heavy atom. The number of hydrogen-bond acceptors (Lipinski definition) is 4. The molecule has 0 saturated heterocycles. The smallest absolute Gasteiger partial charge is 0.0670 e. The summed E-state index contributed by atoms with van der Waals surface area (Å²) in [5.74, 6) is 0. The lowest BCUT2D eigenvalue weighted by molar-refractivity contribution is 0.283. The highest BCUT2D eigenvalue weighted by Crippen LogP contribution is 2.16. The average Bonchev–Trinajstić information content (AvgIpc) is 2.66. The predicted octanol–water partition coefficient (Wildman–Crippen LogP) is -0.0457. The minimum atomic E-state index is 0.134. The molecule has 0 aliphatic heterocycles. The number of aryl methyl sites for hydroxylation is 2. The maximum Gasteiger partial charge on any atom is 0.0670 e. The van der Waals surface area contributed by atoms with Crippen molar-refractivity contribution in [2.24, 2.45) is 12.8 Å². The number of rotatable bonds is 7. The van der Waals surface area contributed by atoms with Crippen LogP contribution in [-0.4, -0.2) is 34.6 Å². The summed E-state index contributed by atoms with van der Waals surface area (Å²) in [4.78, 5) is 0. The lowest BCUT2D eigenvalue weighted by atomic mass is 10.1. The molecule has 1 rings (SSSR count). The molecular weight excluding hydrogens is 204 g/mol. The highest BCUT2D eigenvalue weighted by molar-refractivity contribution is 5.21. The Kier molecular flexibility index (Phi) is 5.45. The summed E-state index contributed by atoms with van der Waals surface area (Å²) < 4.78 is 1.82. The van der Waals surface area contributed by atoms with Crippen molar-refractivity contribution >= 4 is 0 Å². The zero-order valence-electron chi connectivity index (χ0n) is 10.1.